The molecule has 148 valence electrons. The van der Waals surface area contributed by atoms with Gasteiger partial charge in [-0.05, 0) is 17.7 Å². The number of anilines is 3. The van der Waals surface area contributed by atoms with E-state index in [1.165, 1.54) is 0 Å². The lowest BCUT2D eigenvalue weighted by Gasteiger charge is -2.30. The maximum absolute atomic E-state index is 5.44. The van der Waals surface area contributed by atoms with Crippen molar-refractivity contribution in [3.8, 4) is 0 Å². The summed E-state index contributed by atoms with van der Waals surface area (Å²) in [4.78, 5) is 18.0. The number of ether oxygens (including phenoxy) is 2. The highest BCUT2D eigenvalue weighted by molar-refractivity contribution is 9.10. The van der Waals surface area contributed by atoms with Crippen molar-refractivity contribution in [3.63, 3.8) is 0 Å². The van der Waals surface area contributed by atoms with Gasteiger partial charge in [0.15, 0.2) is 0 Å². The van der Waals surface area contributed by atoms with E-state index in [0.29, 0.717) is 44.3 Å². The lowest BCUT2D eigenvalue weighted by molar-refractivity contribution is 0.121. The molecule has 2 fully saturated rings. The highest BCUT2D eigenvalue weighted by Gasteiger charge is 2.20. The van der Waals surface area contributed by atoms with Crippen LogP contribution in [0.2, 0.25) is 0 Å². The largest absolute Gasteiger partial charge is 0.378 e. The van der Waals surface area contributed by atoms with Gasteiger partial charge < -0.3 is 19.3 Å². The molecule has 2 saturated heterocycles. The minimum Gasteiger partial charge on any atom is -0.378 e. The first kappa shape index (κ1) is 19.0. The molecule has 4 rings (SSSR count). The van der Waals surface area contributed by atoms with Gasteiger partial charge in [-0.3, -0.25) is 0 Å². The van der Waals surface area contributed by atoms with E-state index in [-0.39, 0.29) is 0 Å². The number of benzene rings is 1. The van der Waals surface area contributed by atoms with E-state index < -0.39 is 0 Å². The summed E-state index contributed by atoms with van der Waals surface area (Å²) in [6.07, 6.45) is 1.74. The Morgan fingerprint density at radius 3 is 1.93 bits per heavy atom. The predicted molar refractivity (Wildman–Crippen MR) is 111 cm³/mol. The van der Waals surface area contributed by atoms with Gasteiger partial charge in [0.25, 0.3) is 0 Å². The van der Waals surface area contributed by atoms with Gasteiger partial charge in [0.2, 0.25) is 17.8 Å². The maximum Gasteiger partial charge on any atom is 0.250 e. The molecule has 1 N–H and O–H groups in total. The van der Waals surface area contributed by atoms with Crippen LogP contribution in [0.1, 0.15) is 5.56 Å². The molecule has 2 aromatic rings. The van der Waals surface area contributed by atoms with Crippen LogP contribution in [0.15, 0.2) is 33.8 Å². The van der Waals surface area contributed by atoms with Gasteiger partial charge >= 0.3 is 0 Å². The van der Waals surface area contributed by atoms with E-state index >= 15 is 0 Å². The second-order valence-corrected chi connectivity index (χ2v) is 7.30. The minimum atomic E-state index is 0.423. The number of hydrogen-bond donors (Lipinski definition) is 1. The van der Waals surface area contributed by atoms with Gasteiger partial charge in [-0.1, -0.05) is 28.1 Å². The fourth-order valence-corrected chi connectivity index (χ4v) is 3.19. The van der Waals surface area contributed by atoms with Crippen molar-refractivity contribution in [2.75, 3.05) is 67.8 Å². The van der Waals surface area contributed by atoms with Crippen molar-refractivity contribution in [2.45, 2.75) is 0 Å². The van der Waals surface area contributed by atoms with Crippen LogP contribution in [0.5, 0.6) is 0 Å². The summed E-state index contributed by atoms with van der Waals surface area (Å²) in [6.45, 7) is 5.71. The number of aromatic nitrogens is 3. The zero-order valence-electron chi connectivity index (χ0n) is 15.4. The van der Waals surface area contributed by atoms with Crippen molar-refractivity contribution in [2.24, 2.45) is 5.10 Å². The van der Waals surface area contributed by atoms with Crippen LogP contribution in [0.25, 0.3) is 0 Å². The van der Waals surface area contributed by atoms with E-state index in [2.05, 4.69) is 51.2 Å². The molecule has 0 spiro atoms. The highest BCUT2D eigenvalue weighted by Crippen LogP contribution is 2.18. The molecule has 2 aliphatic heterocycles. The highest BCUT2D eigenvalue weighted by atomic mass is 79.9. The third-order valence-electron chi connectivity index (χ3n) is 4.45. The summed E-state index contributed by atoms with van der Waals surface area (Å²) < 4.78 is 11.9. The summed E-state index contributed by atoms with van der Waals surface area (Å²) in [7, 11) is 0. The molecule has 2 aliphatic rings. The maximum atomic E-state index is 5.44. The molecular weight excluding hydrogens is 426 g/mol. The molecule has 0 bridgehead atoms. The first-order chi connectivity index (χ1) is 13.8. The van der Waals surface area contributed by atoms with Gasteiger partial charge in [-0.15, -0.1) is 0 Å². The van der Waals surface area contributed by atoms with Crippen molar-refractivity contribution < 1.29 is 9.47 Å². The van der Waals surface area contributed by atoms with Gasteiger partial charge in [0.05, 0.1) is 32.6 Å². The number of hydrogen-bond acceptors (Lipinski definition) is 9. The molecule has 1 aromatic carbocycles. The zero-order chi connectivity index (χ0) is 19.2. The van der Waals surface area contributed by atoms with Crippen molar-refractivity contribution >= 4 is 40.0 Å². The first-order valence-electron chi connectivity index (χ1n) is 9.24. The van der Waals surface area contributed by atoms with Gasteiger partial charge in [-0.25, -0.2) is 5.43 Å². The van der Waals surface area contributed by atoms with Crippen LogP contribution < -0.4 is 15.2 Å². The van der Waals surface area contributed by atoms with E-state index in [4.69, 9.17) is 9.47 Å². The van der Waals surface area contributed by atoms with Crippen LogP contribution in [-0.4, -0.2) is 73.8 Å². The molecule has 0 unspecified atom stereocenters. The number of morpholine rings is 2. The summed E-state index contributed by atoms with van der Waals surface area (Å²) in [5.41, 5.74) is 3.92. The van der Waals surface area contributed by atoms with Gasteiger partial charge in [0, 0.05) is 30.7 Å². The molecule has 9 nitrogen and oxygen atoms in total. The topological polar surface area (TPSA) is 88.0 Å². The number of halogens is 1. The lowest BCUT2D eigenvalue weighted by atomic mass is 10.2. The first-order valence-corrected chi connectivity index (χ1v) is 10.0. The second kappa shape index (κ2) is 9.26. The van der Waals surface area contributed by atoms with E-state index in [1.807, 2.05) is 24.3 Å². The Morgan fingerprint density at radius 2 is 1.39 bits per heavy atom. The number of rotatable bonds is 5. The van der Waals surface area contributed by atoms with Crippen LogP contribution in [0, 0.1) is 0 Å². The molecule has 1 aromatic heterocycles. The molecule has 3 heterocycles. The molecule has 0 aliphatic carbocycles. The Kier molecular flexibility index (Phi) is 6.30. The Labute approximate surface area is 171 Å². The van der Waals surface area contributed by atoms with Crippen LogP contribution in [-0.2, 0) is 9.47 Å². The van der Waals surface area contributed by atoms with Crippen molar-refractivity contribution in [3.05, 3.63) is 34.3 Å². The quantitative estimate of drug-likeness (QED) is 0.547. The monoisotopic (exact) mass is 447 g/mol. The van der Waals surface area contributed by atoms with Crippen molar-refractivity contribution in [1.82, 2.24) is 15.0 Å². The zero-order valence-corrected chi connectivity index (χ0v) is 17.0. The lowest BCUT2D eigenvalue weighted by Crippen LogP contribution is -2.40. The average molecular weight is 448 g/mol. The molecule has 0 atom stereocenters. The normalized spacial score (nSPS) is 17.9. The fraction of sp³-hybridized carbons (Fsp3) is 0.444. The Hall–Kier alpha value is -2.30. The smallest absolute Gasteiger partial charge is 0.250 e. The van der Waals surface area contributed by atoms with Crippen LogP contribution >= 0.6 is 15.9 Å². The van der Waals surface area contributed by atoms with Gasteiger partial charge in [0.1, 0.15) is 0 Å². The fourth-order valence-electron chi connectivity index (χ4n) is 2.93. The van der Waals surface area contributed by atoms with E-state index in [1.54, 1.807) is 6.21 Å². The summed E-state index contributed by atoms with van der Waals surface area (Å²) in [5.74, 6) is 1.70. The molecule has 0 saturated carbocycles. The molecule has 0 radical (unpaired) electrons. The standard InChI is InChI=1S/C18H22BrN7O2/c19-15-3-1-14(2-4-15)13-20-24-16-21-17(25-5-9-27-10-6-25)23-18(22-16)26-7-11-28-12-8-26/h1-4,13H,5-12H2,(H,21,22,23,24). The van der Waals surface area contributed by atoms with Crippen LogP contribution in [0.3, 0.4) is 0 Å². The third-order valence-corrected chi connectivity index (χ3v) is 4.98. The SMILES string of the molecule is Brc1ccc(C=NNc2nc(N3CCOCC3)nc(N3CCOCC3)n2)cc1. The molecule has 28 heavy (non-hydrogen) atoms. The second-order valence-electron chi connectivity index (χ2n) is 6.38. The summed E-state index contributed by atoms with van der Waals surface area (Å²) >= 11 is 3.43. The van der Waals surface area contributed by atoms with E-state index in [9.17, 15) is 0 Å². The summed E-state index contributed by atoms with van der Waals surface area (Å²) in [6, 6.07) is 7.89. The van der Waals surface area contributed by atoms with E-state index in [0.717, 1.165) is 36.2 Å². The number of hydrazone groups is 1. The van der Waals surface area contributed by atoms with Crippen molar-refractivity contribution in [1.29, 1.82) is 0 Å². The minimum absolute atomic E-state index is 0.423. The Morgan fingerprint density at radius 1 is 0.857 bits per heavy atom. The predicted octanol–water partition coefficient (Wildman–Crippen LogP) is 1.75. The summed E-state index contributed by atoms with van der Waals surface area (Å²) in [5, 5.41) is 4.28. The van der Waals surface area contributed by atoms with Gasteiger partial charge in [-0.2, -0.15) is 20.1 Å². The number of nitrogens with one attached hydrogen (secondary N) is 1. The number of nitrogens with zero attached hydrogens (tertiary/aromatic N) is 6. The Balaban J connectivity index is 1.54. The van der Waals surface area contributed by atoms with Crippen LogP contribution in [0.4, 0.5) is 17.8 Å². The third kappa shape index (κ3) is 4.94. The average Bonchev–Trinajstić information content (AvgIpc) is 2.76. The molecule has 10 heteroatoms. The molecular formula is C18H22BrN7O2. The Bertz CT molecular complexity index is 770. The molecule has 0 amide bonds.